The summed E-state index contributed by atoms with van der Waals surface area (Å²) in [5.41, 5.74) is 1.68. The molecule has 106 valence electrons. The Labute approximate surface area is 119 Å². The molecule has 0 aliphatic carbocycles. The monoisotopic (exact) mass is 273 g/mol. The average molecular weight is 273 g/mol. The molecule has 0 saturated carbocycles. The molecule has 2 N–H and O–H groups in total. The van der Waals surface area contributed by atoms with Gasteiger partial charge in [0.25, 0.3) is 0 Å². The van der Waals surface area contributed by atoms with Crippen molar-refractivity contribution >= 4 is 5.69 Å². The molecule has 2 aromatic rings. The van der Waals surface area contributed by atoms with Crippen LogP contribution in [-0.4, -0.2) is 11.7 Å². The molecule has 2 nitrogen and oxygen atoms in total. The maximum atomic E-state index is 14.1. The first-order valence-electron chi connectivity index (χ1n) is 6.82. The zero-order valence-corrected chi connectivity index (χ0v) is 11.9. The van der Waals surface area contributed by atoms with Gasteiger partial charge < -0.3 is 10.4 Å². The number of anilines is 1. The van der Waals surface area contributed by atoms with Crippen LogP contribution in [0.25, 0.3) is 0 Å². The highest BCUT2D eigenvalue weighted by molar-refractivity contribution is 5.50. The Morgan fingerprint density at radius 3 is 2.50 bits per heavy atom. The lowest BCUT2D eigenvalue weighted by molar-refractivity contribution is 0.204. The van der Waals surface area contributed by atoms with Crippen molar-refractivity contribution in [2.45, 2.75) is 25.8 Å². The summed E-state index contributed by atoms with van der Waals surface area (Å²) >= 11 is 0. The quantitative estimate of drug-likeness (QED) is 0.867. The highest BCUT2D eigenvalue weighted by Gasteiger charge is 2.32. The van der Waals surface area contributed by atoms with E-state index in [1.165, 1.54) is 6.07 Å². The number of benzene rings is 2. The van der Waals surface area contributed by atoms with Gasteiger partial charge in [0.15, 0.2) is 0 Å². The summed E-state index contributed by atoms with van der Waals surface area (Å²) in [6, 6.07) is 14.4. The Hall–Kier alpha value is -1.87. The predicted octanol–water partition coefficient (Wildman–Crippen LogP) is 3.84. The summed E-state index contributed by atoms with van der Waals surface area (Å²) in [4.78, 5) is 0. The van der Waals surface area contributed by atoms with Crippen LogP contribution in [0.1, 0.15) is 24.5 Å². The standard InChI is InChI=1S/C17H20FNO/c1-3-17(12-20,15-9-4-5-10-16(15)18)19-14-8-6-7-13(2)11-14/h4-11,19-20H,3,12H2,1-2H3. The fourth-order valence-corrected chi connectivity index (χ4v) is 2.43. The van der Waals surface area contributed by atoms with E-state index in [1.807, 2.05) is 38.1 Å². The summed E-state index contributed by atoms with van der Waals surface area (Å²) < 4.78 is 14.1. The van der Waals surface area contributed by atoms with Crippen LogP contribution in [0.4, 0.5) is 10.1 Å². The second-order valence-corrected chi connectivity index (χ2v) is 5.07. The van der Waals surface area contributed by atoms with Gasteiger partial charge in [-0.1, -0.05) is 37.3 Å². The minimum Gasteiger partial charge on any atom is -0.394 e. The number of hydrogen-bond donors (Lipinski definition) is 2. The highest BCUT2D eigenvalue weighted by Crippen LogP contribution is 2.31. The van der Waals surface area contributed by atoms with Gasteiger partial charge in [-0.05, 0) is 37.1 Å². The first-order valence-corrected chi connectivity index (χ1v) is 6.82. The van der Waals surface area contributed by atoms with Gasteiger partial charge in [-0.25, -0.2) is 4.39 Å². The smallest absolute Gasteiger partial charge is 0.128 e. The van der Waals surface area contributed by atoms with E-state index in [1.54, 1.807) is 18.2 Å². The van der Waals surface area contributed by atoms with Crippen molar-refractivity contribution < 1.29 is 9.50 Å². The molecule has 0 bridgehead atoms. The highest BCUT2D eigenvalue weighted by atomic mass is 19.1. The topological polar surface area (TPSA) is 32.3 Å². The Morgan fingerprint density at radius 2 is 1.90 bits per heavy atom. The fraction of sp³-hybridized carbons (Fsp3) is 0.294. The number of rotatable bonds is 5. The number of nitrogens with one attached hydrogen (secondary N) is 1. The molecule has 0 aliphatic rings. The molecular formula is C17H20FNO. The summed E-state index contributed by atoms with van der Waals surface area (Å²) in [7, 11) is 0. The van der Waals surface area contributed by atoms with E-state index >= 15 is 0 Å². The Morgan fingerprint density at radius 1 is 1.15 bits per heavy atom. The van der Waals surface area contributed by atoms with Crippen LogP contribution >= 0.6 is 0 Å². The Balaban J connectivity index is 2.42. The van der Waals surface area contributed by atoms with Crippen molar-refractivity contribution in [1.82, 2.24) is 0 Å². The van der Waals surface area contributed by atoms with E-state index < -0.39 is 5.54 Å². The van der Waals surface area contributed by atoms with E-state index in [0.717, 1.165) is 11.3 Å². The van der Waals surface area contributed by atoms with E-state index in [4.69, 9.17) is 0 Å². The van der Waals surface area contributed by atoms with Gasteiger partial charge in [-0.15, -0.1) is 0 Å². The third-order valence-corrected chi connectivity index (χ3v) is 3.66. The summed E-state index contributed by atoms with van der Waals surface area (Å²) in [6.45, 7) is 3.77. The van der Waals surface area contributed by atoms with Crippen LogP contribution in [0.2, 0.25) is 0 Å². The molecule has 2 aromatic carbocycles. The van der Waals surface area contributed by atoms with E-state index in [2.05, 4.69) is 5.32 Å². The van der Waals surface area contributed by atoms with E-state index in [-0.39, 0.29) is 12.4 Å². The van der Waals surface area contributed by atoms with Crippen LogP contribution in [0.3, 0.4) is 0 Å². The molecule has 1 atom stereocenters. The zero-order valence-electron chi connectivity index (χ0n) is 11.9. The third-order valence-electron chi connectivity index (χ3n) is 3.66. The SMILES string of the molecule is CCC(CO)(Nc1cccc(C)c1)c1ccccc1F. The summed E-state index contributed by atoms with van der Waals surface area (Å²) in [6.07, 6.45) is 0.582. The minimum atomic E-state index is -0.806. The number of halogens is 1. The van der Waals surface area contributed by atoms with Gasteiger partial charge in [0, 0.05) is 11.3 Å². The summed E-state index contributed by atoms with van der Waals surface area (Å²) in [5, 5.41) is 13.2. The first-order chi connectivity index (χ1) is 9.61. The van der Waals surface area contributed by atoms with E-state index in [9.17, 15) is 9.50 Å². The van der Waals surface area contributed by atoms with Gasteiger partial charge in [0.2, 0.25) is 0 Å². The van der Waals surface area contributed by atoms with Gasteiger partial charge in [-0.3, -0.25) is 0 Å². The number of aliphatic hydroxyl groups excluding tert-OH is 1. The molecule has 0 heterocycles. The minimum absolute atomic E-state index is 0.168. The van der Waals surface area contributed by atoms with Gasteiger partial charge >= 0.3 is 0 Å². The lowest BCUT2D eigenvalue weighted by Crippen LogP contribution is -2.39. The van der Waals surface area contributed by atoms with Crippen molar-refractivity contribution in [3.05, 3.63) is 65.5 Å². The third kappa shape index (κ3) is 2.83. The zero-order chi connectivity index (χ0) is 14.6. The maximum absolute atomic E-state index is 14.1. The maximum Gasteiger partial charge on any atom is 0.128 e. The van der Waals surface area contributed by atoms with Crippen molar-refractivity contribution in [2.24, 2.45) is 0 Å². The summed E-state index contributed by atoms with van der Waals surface area (Å²) in [5.74, 6) is -0.302. The molecule has 0 amide bonds. The molecule has 2 rings (SSSR count). The molecule has 3 heteroatoms. The van der Waals surface area contributed by atoms with Crippen molar-refractivity contribution in [2.75, 3.05) is 11.9 Å². The molecular weight excluding hydrogens is 253 g/mol. The number of hydrogen-bond acceptors (Lipinski definition) is 2. The first kappa shape index (κ1) is 14.5. The lowest BCUT2D eigenvalue weighted by Gasteiger charge is -2.34. The molecule has 0 spiro atoms. The van der Waals surface area contributed by atoms with Crippen molar-refractivity contribution in [3.8, 4) is 0 Å². The molecule has 0 aromatic heterocycles. The van der Waals surface area contributed by atoms with E-state index in [0.29, 0.717) is 12.0 Å². The Bertz CT molecular complexity index is 579. The fourth-order valence-electron chi connectivity index (χ4n) is 2.43. The lowest BCUT2D eigenvalue weighted by atomic mass is 9.87. The second kappa shape index (κ2) is 6.06. The molecule has 1 unspecified atom stereocenters. The van der Waals surface area contributed by atoms with Gasteiger partial charge in [0.1, 0.15) is 5.82 Å². The molecule has 0 radical (unpaired) electrons. The number of aliphatic hydroxyl groups is 1. The number of aryl methyl sites for hydroxylation is 1. The van der Waals surface area contributed by atoms with Crippen LogP contribution < -0.4 is 5.32 Å². The molecule has 20 heavy (non-hydrogen) atoms. The van der Waals surface area contributed by atoms with Gasteiger partial charge in [0.05, 0.1) is 12.1 Å². The van der Waals surface area contributed by atoms with Crippen molar-refractivity contribution in [1.29, 1.82) is 0 Å². The normalized spacial score (nSPS) is 13.8. The van der Waals surface area contributed by atoms with Crippen molar-refractivity contribution in [3.63, 3.8) is 0 Å². The predicted molar refractivity (Wildman–Crippen MR) is 80.3 cm³/mol. The van der Waals surface area contributed by atoms with Crippen LogP contribution in [0.15, 0.2) is 48.5 Å². The molecule has 0 fully saturated rings. The average Bonchev–Trinajstić information content (AvgIpc) is 2.46. The molecule has 0 saturated heterocycles. The second-order valence-electron chi connectivity index (χ2n) is 5.07. The van der Waals surface area contributed by atoms with Crippen LogP contribution in [0.5, 0.6) is 0 Å². The molecule has 0 aliphatic heterocycles. The largest absolute Gasteiger partial charge is 0.394 e. The van der Waals surface area contributed by atoms with Crippen LogP contribution in [-0.2, 0) is 5.54 Å². The van der Waals surface area contributed by atoms with Gasteiger partial charge in [-0.2, -0.15) is 0 Å². The Kier molecular flexibility index (Phi) is 4.40. The van der Waals surface area contributed by atoms with Crippen LogP contribution in [0, 0.1) is 12.7 Å².